The van der Waals surface area contributed by atoms with Gasteiger partial charge in [0.15, 0.2) is 11.6 Å². The summed E-state index contributed by atoms with van der Waals surface area (Å²) >= 11 is 0. The number of benzene rings is 1. The Morgan fingerprint density at radius 2 is 1.94 bits per heavy atom. The summed E-state index contributed by atoms with van der Waals surface area (Å²) in [5, 5.41) is 9.26. The number of nitrogens with two attached hydrogens (primary N) is 1. The number of ether oxygens (including phenoxy) is 1. The number of nitrogens with zero attached hydrogens (tertiary/aromatic N) is 4. The van der Waals surface area contributed by atoms with Crippen LogP contribution in [-0.2, 0) is 17.6 Å². The average molecular weight is 448 g/mol. The van der Waals surface area contributed by atoms with Gasteiger partial charge in [0, 0.05) is 55.3 Å². The second-order valence-electron chi connectivity index (χ2n) is 8.38. The summed E-state index contributed by atoms with van der Waals surface area (Å²) in [5.74, 6) is 0.123. The maximum Gasteiger partial charge on any atom is 0.189 e. The molecule has 0 spiro atoms. The Morgan fingerprint density at radius 1 is 1.18 bits per heavy atom. The molecule has 0 radical (unpaired) electrons. The van der Waals surface area contributed by atoms with E-state index in [4.69, 9.17) is 10.5 Å². The molecule has 8 nitrogen and oxygen atoms in total. The van der Waals surface area contributed by atoms with Crippen molar-refractivity contribution in [1.82, 2.24) is 15.0 Å². The van der Waals surface area contributed by atoms with Crippen LogP contribution in [0.4, 0.5) is 11.5 Å². The van der Waals surface area contributed by atoms with Crippen LogP contribution in [0, 0.1) is 5.92 Å². The fourth-order valence-electron chi connectivity index (χ4n) is 3.95. The Balaban J connectivity index is 1.54. The molecule has 4 rings (SSSR count). The van der Waals surface area contributed by atoms with Crippen molar-refractivity contribution in [2.24, 2.45) is 5.92 Å². The van der Waals surface area contributed by atoms with Crippen molar-refractivity contribution in [3.05, 3.63) is 65.7 Å². The van der Waals surface area contributed by atoms with E-state index >= 15 is 0 Å². The Hall–Kier alpha value is -3.36. The number of hydrogen-bond donors (Lipinski definition) is 2. The molecular formula is C25H29N5O3. The minimum atomic E-state index is -0.197. The van der Waals surface area contributed by atoms with E-state index in [9.17, 15) is 9.90 Å². The van der Waals surface area contributed by atoms with Crippen LogP contribution in [0.2, 0.25) is 0 Å². The van der Waals surface area contributed by atoms with Gasteiger partial charge in [-0.1, -0.05) is 31.2 Å². The third-order valence-electron chi connectivity index (χ3n) is 5.79. The van der Waals surface area contributed by atoms with E-state index in [-0.39, 0.29) is 36.2 Å². The molecule has 2 aromatic heterocycles. The van der Waals surface area contributed by atoms with Gasteiger partial charge in [-0.25, -0.2) is 9.97 Å². The summed E-state index contributed by atoms with van der Waals surface area (Å²) in [6.45, 7) is 5.03. The number of rotatable bonds is 8. The maximum absolute atomic E-state index is 13.2. The molecule has 33 heavy (non-hydrogen) atoms. The highest BCUT2D eigenvalue weighted by atomic mass is 16.5. The number of aromatic nitrogens is 3. The molecule has 3 heterocycles. The van der Waals surface area contributed by atoms with Gasteiger partial charge in [-0.05, 0) is 24.0 Å². The fourth-order valence-corrected chi connectivity index (χ4v) is 3.95. The quantitative estimate of drug-likeness (QED) is 0.507. The van der Waals surface area contributed by atoms with Crippen LogP contribution in [0.1, 0.15) is 28.5 Å². The molecule has 0 aliphatic carbocycles. The predicted octanol–water partition coefficient (Wildman–Crippen LogP) is 2.55. The van der Waals surface area contributed by atoms with Gasteiger partial charge in [-0.15, -0.1) is 0 Å². The minimum Gasteiger partial charge on any atom is -0.396 e. The monoisotopic (exact) mass is 447 g/mol. The van der Waals surface area contributed by atoms with Gasteiger partial charge in [0.05, 0.1) is 25.1 Å². The number of aliphatic hydroxyl groups is 1. The smallest absolute Gasteiger partial charge is 0.189 e. The molecule has 1 aliphatic rings. The molecule has 1 fully saturated rings. The highest BCUT2D eigenvalue weighted by Gasteiger charge is 2.20. The summed E-state index contributed by atoms with van der Waals surface area (Å²) in [6.07, 6.45) is 5.98. The van der Waals surface area contributed by atoms with Crippen LogP contribution in [-0.4, -0.2) is 58.8 Å². The van der Waals surface area contributed by atoms with Crippen LogP contribution in [0.5, 0.6) is 0 Å². The Morgan fingerprint density at radius 3 is 2.67 bits per heavy atom. The van der Waals surface area contributed by atoms with Crippen molar-refractivity contribution < 1.29 is 14.6 Å². The van der Waals surface area contributed by atoms with E-state index in [0.717, 1.165) is 41.9 Å². The Labute approximate surface area is 193 Å². The molecule has 1 aromatic carbocycles. The Kier molecular flexibility index (Phi) is 7.26. The lowest BCUT2D eigenvalue weighted by Gasteiger charge is -2.30. The van der Waals surface area contributed by atoms with E-state index in [1.807, 2.05) is 37.3 Å². The van der Waals surface area contributed by atoms with Gasteiger partial charge in [0.2, 0.25) is 0 Å². The number of aliphatic hydroxyl groups excluding tert-OH is 1. The van der Waals surface area contributed by atoms with E-state index < -0.39 is 0 Å². The van der Waals surface area contributed by atoms with Crippen molar-refractivity contribution in [3.8, 4) is 11.3 Å². The molecule has 0 saturated carbocycles. The zero-order valence-electron chi connectivity index (χ0n) is 18.8. The molecule has 0 bridgehead atoms. The summed E-state index contributed by atoms with van der Waals surface area (Å²) in [4.78, 5) is 28.4. The van der Waals surface area contributed by atoms with Crippen LogP contribution < -0.4 is 10.6 Å². The van der Waals surface area contributed by atoms with E-state index in [1.165, 1.54) is 0 Å². The van der Waals surface area contributed by atoms with Gasteiger partial charge >= 0.3 is 0 Å². The zero-order valence-corrected chi connectivity index (χ0v) is 18.8. The second-order valence-corrected chi connectivity index (χ2v) is 8.38. The number of pyridine rings is 1. The second kappa shape index (κ2) is 10.5. The maximum atomic E-state index is 13.2. The normalized spacial score (nSPS) is 14.8. The van der Waals surface area contributed by atoms with Crippen LogP contribution >= 0.6 is 0 Å². The number of carbonyl (C=O) groups is 1. The van der Waals surface area contributed by atoms with Gasteiger partial charge in [-0.2, -0.15) is 0 Å². The number of morpholine rings is 1. The molecule has 1 aliphatic heterocycles. The summed E-state index contributed by atoms with van der Waals surface area (Å²) < 4.78 is 5.44. The lowest BCUT2D eigenvalue weighted by atomic mass is 10.00. The molecule has 172 valence electrons. The van der Waals surface area contributed by atoms with E-state index in [2.05, 4.69) is 19.9 Å². The lowest BCUT2D eigenvalue weighted by molar-refractivity contribution is 0.0988. The lowest BCUT2D eigenvalue weighted by Crippen LogP contribution is -2.37. The number of ketones is 1. The van der Waals surface area contributed by atoms with Crippen molar-refractivity contribution in [2.75, 3.05) is 43.5 Å². The minimum absolute atomic E-state index is 0.119. The Bertz CT molecular complexity index is 1100. The first kappa shape index (κ1) is 22.8. The van der Waals surface area contributed by atoms with Crippen LogP contribution in [0.15, 0.2) is 48.9 Å². The number of hydrogen-bond acceptors (Lipinski definition) is 8. The number of Topliss-reactive ketones (excluding diaryl/α,β-unsaturated/α-hetero) is 1. The SMILES string of the molecule is C[C@H](CO)Cc1ccc(-c2cnc(N)c(C(=O)Cc3cnccc3N3CCOCC3)n2)cc1. The molecule has 1 atom stereocenters. The van der Waals surface area contributed by atoms with Crippen LogP contribution in [0.3, 0.4) is 0 Å². The van der Waals surface area contributed by atoms with E-state index in [1.54, 1.807) is 18.6 Å². The van der Waals surface area contributed by atoms with Gasteiger partial charge < -0.3 is 20.5 Å². The molecular weight excluding hydrogens is 418 g/mol. The third kappa shape index (κ3) is 5.53. The standard InChI is InChI=1S/C25H29N5O3/c1-17(16-31)12-18-2-4-19(5-3-18)21-15-28-25(26)24(29-21)23(32)13-20-14-27-7-6-22(20)30-8-10-33-11-9-30/h2-7,14-15,17,31H,8-13,16H2,1H3,(H2,26,28)/t17-/m0/s1. The first-order valence-electron chi connectivity index (χ1n) is 11.2. The third-order valence-corrected chi connectivity index (χ3v) is 5.79. The first-order valence-corrected chi connectivity index (χ1v) is 11.2. The summed E-state index contributed by atoms with van der Waals surface area (Å²) in [5.41, 5.74) is 10.6. The molecule has 3 aromatic rings. The molecule has 1 saturated heterocycles. The van der Waals surface area contributed by atoms with Gasteiger partial charge in [0.25, 0.3) is 0 Å². The van der Waals surface area contributed by atoms with Gasteiger partial charge in [-0.3, -0.25) is 9.78 Å². The molecule has 0 unspecified atom stereocenters. The van der Waals surface area contributed by atoms with Gasteiger partial charge in [0.1, 0.15) is 5.69 Å². The summed E-state index contributed by atoms with van der Waals surface area (Å²) in [6, 6.07) is 9.84. The topological polar surface area (TPSA) is 114 Å². The number of nitrogen functional groups attached to an aromatic ring is 1. The zero-order chi connectivity index (χ0) is 23.2. The van der Waals surface area contributed by atoms with Crippen molar-refractivity contribution in [2.45, 2.75) is 19.8 Å². The number of carbonyl (C=O) groups excluding carboxylic acids is 1. The van der Waals surface area contributed by atoms with E-state index in [0.29, 0.717) is 18.9 Å². The van der Waals surface area contributed by atoms with Crippen molar-refractivity contribution in [1.29, 1.82) is 0 Å². The fraction of sp³-hybridized carbons (Fsp3) is 0.360. The number of anilines is 2. The van der Waals surface area contributed by atoms with Crippen LogP contribution in [0.25, 0.3) is 11.3 Å². The molecule has 8 heteroatoms. The highest BCUT2D eigenvalue weighted by molar-refractivity contribution is 6.00. The highest BCUT2D eigenvalue weighted by Crippen LogP contribution is 2.24. The first-order chi connectivity index (χ1) is 16.0. The van der Waals surface area contributed by atoms with Crippen molar-refractivity contribution in [3.63, 3.8) is 0 Å². The summed E-state index contributed by atoms with van der Waals surface area (Å²) in [7, 11) is 0. The van der Waals surface area contributed by atoms with Crippen molar-refractivity contribution >= 4 is 17.3 Å². The molecule has 0 amide bonds. The largest absolute Gasteiger partial charge is 0.396 e. The average Bonchev–Trinajstić information content (AvgIpc) is 2.85. The predicted molar refractivity (Wildman–Crippen MR) is 127 cm³/mol. The molecule has 3 N–H and O–H groups in total.